The highest BCUT2D eigenvalue weighted by Crippen LogP contribution is 2.33. The van der Waals surface area contributed by atoms with Gasteiger partial charge in [-0.05, 0) is 45.7 Å². The summed E-state index contributed by atoms with van der Waals surface area (Å²) in [5.41, 5.74) is 5.93. The number of piperidine rings is 1. The second-order valence-corrected chi connectivity index (χ2v) is 7.61. The number of sulfonamides is 1. The fourth-order valence-electron chi connectivity index (χ4n) is 2.87. The molecule has 130 valence electrons. The van der Waals surface area contributed by atoms with Gasteiger partial charge < -0.3 is 15.2 Å². The summed E-state index contributed by atoms with van der Waals surface area (Å²) >= 11 is 0. The number of rotatable bonds is 6. The summed E-state index contributed by atoms with van der Waals surface area (Å²) in [4.78, 5) is 0.228. The largest absolute Gasteiger partial charge is 0.490 e. The Bertz CT molecular complexity index is 633. The van der Waals surface area contributed by atoms with Crippen LogP contribution >= 0.6 is 0 Å². The van der Waals surface area contributed by atoms with Crippen LogP contribution in [0.25, 0.3) is 0 Å². The molecule has 2 atom stereocenters. The van der Waals surface area contributed by atoms with Crippen molar-refractivity contribution >= 4 is 10.0 Å². The topological polar surface area (TPSA) is 81.9 Å². The lowest BCUT2D eigenvalue weighted by molar-refractivity contribution is 0.247. The van der Waals surface area contributed by atoms with Gasteiger partial charge >= 0.3 is 0 Å². The average molecular weight is 342 g/mol. The second-order valence-electron chi connectivity index (χ2n) is 5.72. The Kier molecular flexibility index (Phi) is 5.89. The Morgan fingerprint density at radius 1 is 1.22 bits per heavy atom. The van der Waals surface area contributed by atoms with E-state index in [0.717, 1.165) is 0 Å². The third kappa shape index (κ3) is 3.97. The SMILES string of the molecule is CCOc1ccc(S(=O)(=O)N2CC[C@@H](N)C[C@H]2C)cc1OCC. The minimum Gasteiger partial charge on any atom is -0.490 e. The lowest BCUT2D eigenvalue weighted by Crippen LogP contribution is -2.48. The third-order valence-corrected chi connectivity index (χ3v) is 5.99. The molecule has 0 bridgehead atoms. The van der Waals surface area contributed by atoms with Gasteiger partial charge in [0.1, 0.15) is 0 Å². The molecule has 0 aliphatic carbocycles. The molecule has 1 aliphatic rings. The van der Waals surface area contributed by atoms with Crippen LogP contribution in [0.5, 0.6) is 11.5 Å². The molecule has 0 spiro atoms. The molecule has 2 rings (SSSR count). The molecule has 1 saturated heterocycles. The van der Waals surface area contributed by atoms with Gasteiger partial charge in [-0.25, -0.2) is 8.42 Å². The van der Waals surface area contributed by atoms with Gasteiger partial charge in [-0.3, -0.25) is 0 Å². The maximum atomic E-state index is 12.9. The average Bonchev–Trinajstić information content (AvgIpc) is 2.49. The molecular weight excluding hydrogens is 316 g/mol. The van der Waals surface area contributed by atoms with Crippen LogP contribution in [0.4, 0.5) is 0 Å². The van der Waals surface area contributed by atoms with Crippen molar-refractivity contribution in [1.82, 2.24) is 4.31 Å². The number of hydrogen-bond acceptors (Lipinski definition) is 5. The van der Waals surface area contributed by atoms with Crippen molar-refractivity contribution in [3.63, 3.8) is 0 Å². The van der Waals surface area contributed by atoms with Crippen LogP contribution in [0.1, 0.15) is 33.6 Å². The van der Waals surface area contributed by atoms with E-state index in [2.05, 4.69) is 0 Å². The molecule has 0 radical (unpaired) electrons. The molecule has 2 N–H and O–H groups in total. The van der Waals surface area contributed by atoms with E-state index in [1.807, 2.05) is 20.8 Å². The predicted octanol–water partition coefficient (Wildman–Crippen LogP) is 1.98. The van der Waals surface area contributed by atoms with Gasteiger partial charge in [0.25, 0.3) is 0 Å². The second kappa shape index (κ2) is 7.51. The summed E-state index contributed by atoms with van der Waals surface area (Å²) in [7, 11) is -3.56. The van der Waals surface area contributed by atoms with Crippen LogP contribution in [0.2, 0.25) is 0 Å². The molecule has 1 fully saturated rings. The molecule has 1 aliphatic heterocycles. The van der Waals surface area contributed by atoms with E-state index in [-0.39, 0.29) is 17.0 Å². The predicted molar refractivity (Wildman–Crippen MR) is 89.3 cm³/mol. The Morgan fingerprint density at radius 2 is 1.87 bits per heavy atom. The first-order valence-corrected chi connectivity index (χ1v) is 9.51. The Labute approximate surface area is 138 Å². The molecule has 0 aromatic heterocycles. The Hall–Kier alpha value is -1.31. The first-order valence-electron chi connectivity index (χ1n) is 8.07. The molecule has 1 aromatic rings. The van der Waals surface area contributed by atoms with Gasteiger partial charge in [0, 0.05) is 24.7 Å². The molecule has 0 amide bonds. The van der Waals surface area contributed by atoms with Crippen molar-refractivity contribution in [2.75, 3.05) is 19.8 Å². The van der Waals surface area contributed by atoms with E-state index in [4.69, 9.17) is 15.2 Å². The third-order valence-electron chi connectivity index (χ3n) is 3.98. The first kappa shape index (κ1) is 18.0. The minimum absolute atomic E-state index is 0.0655. The van der Waals surface area contributed by atoms with E-state index < -0.39 is 10.0 Å². The van der Waals surface area contributed by atoms with Crippen molar-refractivity contribution in [2.45, 2.75) is 50.6 Å². The number of hydrogen-bond donors (Lipinski definition) is 1. The van der Waals surface area contributed by atoms with E-state index in [1.54, 1.807) is 18.2 Å². The lowest BCUT2D eigenvalue weighted by atomic mass is 10.0. The zero-order chi connectivity index (χ0) is 17.0. The highest BCUT2D eigenvalue weighted by molar-refractivity contribution is 7.89. The van der Waals surface area contributed by atoms with Crippen LogP contribution in [-0.2, 0) is 10.0 Å². The van der Waals surface area contributed by atoms with Crippen molar-refractivity contribution in [1.29, 1.82) is 0 Å². The van der Waals surface area contributed by atoms with E-state index >= 15 is 0 Å². The van der Waals surface area contributed by atoms with Crippen LogP contribution in [0.15, 0.2) is 23.1 Å². The fraction of sp³-hybridized carbons (Fsp3) is 0.625. The van der Waals surface area contributed by atoms with Gasteiger partial charge in [0.05, 0.1) is 18.1 Å². The highest BCUT2D eigenvalue weighted by Gasteiger charge is 2.33. The van der Waals surface area contributed by atoms with Crippen molar-refractivity contribution in [3.8, 4) is 11.5 Å². The van der Waals surface area contributed by atoms with Gasteiger partial charge in [-0.1, -0.05) is 0 Å². The summed E-state index contributed by atoms with van der Waals surface area (Å²) < 4.78 is 38.4. The van der Waals surface area contributed by atoms with Crippen molar-refractivity contribution < 1.29 is 17.9 Å². The van der Waals surface area contributed by atoms with E-state index in [1.165, 1.54) is 4.31 Å². The van der Waals surface area contributed by atoms with Crippen molar-refractivity contribution in [2.24, 2.45) is 5.73 Å². The Morgan fingerprint density at radius 3 is 2.48 bits per heavy atom. The molecule has 7 heteroatoms. The minimum atomic E-state index is -3.56. The molecule has 6 nitrogen and oxygen atoms in total. The zero-order valence-corrected chi connectivity index (χ0v) is 14.8. The summed E-state index contributed by atoms with van der Waals surface area (Å²) in [5, 5.41) is 0. The number of nitrogens with two attached hydrogens (primary N) is 1. The molecular formula is C16H26N2O4S. The maximum absolute atomic E-state index is 12.9. The monoisotopic (exact) mass is 342 g/mol. The van der Waals surface area contributed by atoms with E-state index in [9.17, 15) is 8.42 Å². The maximum Gasteiger partial charge on any atom is 0.243 e. The number of nitrogens with zero attached hydrogens (tertiary/aromatic N) is 1. The normalized spacial score (nSPS) is 22.8. The molecule has 23 heavy (non-hydrogen) atoms. The van der Waals surface area contributed by atoms with Gasteiger partial charge in [-0.2, -0.15) is 4.31 Å². The zero-order valence-electron chi connectivity index (χ0n) is 14.0. The molecule has 0 saturated carbocycles. The van der Waals surface area contributed by atoms with Crippen LogP contribution < -0.4 is 15.2 Å². The summed E-state index contributed by atoms with van der Waals surface area (Å²) in [6.45, 7) is 7.01. The molecule has 1 aromatic carbocycles. The number of ether oxygens (including phenoxy) is 2. The van der Waals surface area contributed by atoms with E-state index in [0.29, 0.717) is 44.1 Å². The molecule has 1 heterocycles. The lowest BCUT2D eigenvalue weighted by Gasteiger charge is -2.35. The summed E-state index contributed by atoms with van der Waals surface area (Å²) in [6.07, 6.45) is 1.35. The first-order chi connectivity index (χ1) is 10.9. The fourth-order valence-corrected chi connectivity index (χ4v) is 4.54. The van der Waals surface area contributed by atoms with Crippen LogP contribution in [-0.4, -0.2) is 44.6 Å². The smallest absolute Gasteiger partial charge is 0.243 e. The summed E-state index contributed by atoms with van der Waals surface area (Å²) in [6, 6.07) is 4.73. The Balaban J connectivity index is 2.34. The van der Waals surface area contributed by atoms with Gasteiger partial charge in [0.15, 0.2) is 11.5 Å². The highest BCUT2D eigenvalue weighted by atomic mass is 32.2. The van der Waals surface area contributed by atoms with Gasteiger partial charge in [0.2, 0.25) is 10.0 Å². The number of benzene rings is 1. The molecule has 0 unspecified atom stereocenters. The van der Waals surface area contributed by atoms with Gasteiger partial charge in [-0.15, -0.1) is 0 Å². The van der Waals surface area contributed by atoms with Crippen LogP contribution in [0, 0.1) is 0 Å². The summed E-state index contributed by atoms with van der Waals surface area (Å²) in [5.74, 6) is 1.01. The van der Waals surface area contributed by atoms with Crippen LogP contribution in [0.3, 0.4) is 0 Å². The standard InChI is InChI=1S/C16H26N2O4S/c1-4-21-15-7-6-14(11-16(15)22-5-2)23(19,20)18-9-8-13(17)10-12(18)3/h6-7,11-13H,4-5,8-10,17H2,1-3H3/t12-,13-/m1/s1. The van der Waals surface area contributed by atoms with Crippen molar-refractivity contribution in [3.05, 3.63) is 18.2 Å². The quantitative estimate of drug-likeness (QED) is 0.855.